The maximum atomic E-state index is 4.35. The topological polar surface area (TPSA) is 12.4 Å². The van der Waals surface area contributed by atoms with Crippen LogP contribution < -0.4 is 0 Å². The molecule has 50 valence electrons. The third-order valence-electron chi connectivity index (χ3n) is 0.998. The van der Waals surface area contributed by atoms with Crippen LogP contribution >= 0.6 is 52.2 Å². The highest BCUT2D eigenvalue weighted by Gasteiger charge is 2.05. The number of halogens is 2. The summed E-state index contributed by atoms with van der Waals surface area (Å²) in [5.74, 6) is 0. The van der Waals surface area contributed by atoms with Gasteiger partial charge in [-0.15, -0.1) is 0 Å². The van der Waals surface area contributed by atoms with E-state index in [2.05, 4.69) is 56.6 Å². The molecule has 0 saturated heterocycles. The molecule has 0 fully saturated rings. The van der Waals surface area contributed by atoms with Gasteiger partial charge in [-0.05, 0) is 13.7 Å². The lowest BCUT2D eigenvalue weighted by atomic mass is 11.6. The van der Waals surface area contributed by atoms with Crippen molar-refractivity contribution in [2.75, 3.05) is 22.0 Å². The minimum Gasteiger partial charge on any atom is -0.305 e. The van der Waals surface area contributed by atoms with Crippen molar-refractivity contribution in [3.05, 3.63) is 0 Å². The fourth-order valence-electron chi connectivity index (χ4n) is 0.139. The van der Waals surface area contributed by atoms with Crippen molar-refractivity contribution in [1.29, 1.82) is 0 Å². The highest BCUT2D eigenvalue weighted by Crippen LogP contribution is 2.48. The van der Waals surface area contributed by atoms with E-state index >= 15 is 0 Å². The molecule has 0 amide bonds. The second-order valence-corrected chi connectivity index (χ2v) is 9.43. The number of nitrogens with zero attached hydrogens (tertiary/aromatic N) is 1. The fourth-order valence-corrected chi connectivity index (χ4v) is 6.46. The molecule has 0 unspecified atom stereocenters. The van der Waals surface area contributed by atoms with Gasteiger partial charge in [0, 0.05) is 15.4 Å². The van der Waals surface area contributed by atoms with E-state index in [0.717, 1.165) is 0 Å². The molecule has 0 aromatic carbocycles. The third kappa shape index (κ3) is 3.01. The molecule has 0 aromatic heterocycles. The lowest BCUT2D eigenvalue weighted by Gasteiger charge is -2.10. The molecule has 0 bridgehead atoms. The first-order chi connectivity index (χ1) is 3.68. The van der Waals surface area contributed by atoms with E-state index in [0.29, 0.717) is 0 Å². The van der Waals surface area contributed by atoms with Gasteiger partial charge in [0.05, 0.1) is 0 Å². The quantitative estimate of drug-likeness (QED) is 0.409. The summed E-state index contributed by atoms with van der Waals surface area (Å²) in [6.07, 6.45) is 0. The maximum absolute atomic E-state index is 4.35. The van der Waals surface area contributed by atoms with Gasteiger partial charge < -0.3 is 4.74 Å². The summed E-state index contributed by atoms with van der Waals surface area (Å²) in [5, 5.41) is 0. The molecule has 0 aliphatic rings. The zero-order valence-electron chi connectivity index (χ0n) is 5.06. The van der Waals surface area contributed by atoms with Crippen molar-refractivity contribution in [3.8, 4) is 0 Å². The minimum absolute atomic E-state index is 0.814. The average Bonchev–Trinajstić information content (AvgIpc) is 1.87. The van der Waals surface area contributed by atoms with Crippen molar-refractivity contribution in [3.63, 3.8) is 0 Å². The first-order valence-electron chi connectivity index (χ1n) is 2.26. The summed E-state index contributed by atoms with van der Waals surface area (Å²) in [5.41, 5.74) is 0. The second kappa shape index (κ2) is 4.50. The van der Waals surface area contributed by atoms with Crippen LogP contribution in [-0.4, -0.2) is 22.0 Å². The van der Waals surface area contributed by atoms with E-state index in [1.54, 1.807) is 0 Å². The summed E-state index contributed by atoms with van der Waals surface area (Å²) in [4.78, 5) is 0. The number of hydrogen-bond donors (Lipinski definition) is 0. The largest absolute Gasteiger partial charge is 0.305 e. The predicted molar refractivity (Wildman–Crippen MR) is 59.0 cm³/mol. The van der Waals surface area contributed by atoms with Gasteiger partial charge in [0.1, 0.15) is 0 Å². The fraction of sp³-hybridized carbons (Fsp3) is 1.00. The average molecular weight is 357 g/mol. The normalized spacial score (nSPS) is 11.5. The van der Waals surface area contributed by atoms with E-state index in [9.17, 15) is 0 Å². The SMILES string of the molecule is CN=P(C)(CI)CI. The van der Waals surface area contributed by atoms with E-state index in [-0.39, 0.29) is 0 Å². The first kappa shape index (κ1) is 9.69. The van der Waals surface area contributed by atoms with Crippen molar-refractivity contribution in [2.24, 2.45) is 4.74 Å². The Bertz CT molecular complexity index is 105. The Kier molecular flexibility index (Phi) is 5.45. The first-order valence-corrected chi connectivity index (χ1v) is 7.87. The highest BCUT2D eigenvalue weighted by molar-refractivity contribution is 14.1. The number of hydrogen-bond acceptors (Lipinski definition) is 1. The van der Waals surface area contributed by atoms with Gasteiger partial charge in [-0.3, -0.25) is 0 Å². The van der Waals surface area contributed by atoms with E-state index < -0.39 is 7.05 Å². The van der Waals surface area contributed by atoms with Crippen LogP contribution in [-0.2, 0) is 0 Å². The molecule has 0 aliphatic carbocycles. The van der Waals surface area contributed by atoms with Crippen molar-refractivity contribution in [1.82, 2.24) is 0 Å². The van der Waals surface area contributed by atoms with Crippen LogP contribution in [0.1, 0.15) is 0 Å². The zero-order chi connectivity index (χ0) is 6.62. The molecule has 0 radical (unpaired) electrons. The van der Waals surface area contributed by atoms with E-state index in [1.165, 1.54) is 8.34 Å². The number of rotatable bonds is 2. The molecule has 0 saturated carbocycles. The molecule has 1 nitrogen and oxygen atoms in total. The monoisotopic (exact) mass is 357 g/mol. The summed E-state index contributed by atoms with van der Waals surface area (Å²) in [6, 6.07) is 0. The molecule has 0 spiro atoms. The third-order valence-corrected chi connectivity index (χ3v) is 11.8. The molecule has 0 atom stereocenters. The molecule has 0 aliphatic heterocycles. The van der Waals surface area contributed by atoms with Crippen LogP contribution in [0.3, 0.4) is 0 Å². The van der Waals surface area contributed by atoms with Crippen LogP contribution in [0.25, 0.3) is 0 Å². The van der Waals surface area contributed by atoms with Crippen molar-refractivity contribution in [2.45, 2.75) is 0 Å². The van der Waals surface area contributed by atoms with Gasteiger partial charge in [0.15, 0.2) is 0 Å². The molecule has 4 heteroatoms. The summed E-state index contributed by atoms with van der Waals surface area (Å²) >= 11 is 4.83. The Morgan fingerprint density at radius 2 is 1.75 bits per heavy atom. The van der Waals surface area contributed by atoms with Gasteiger partial charge in [-0.1, -0.05) is 45.2 Å². The molecule has 0 N–H and O–H groups in total. The lowest BCUT2D eigenvalue weighted by Crippen LogP contribution is -1.79. The lowest BCUT2D eigenvalue weighted by molar-refractivity contribution is 1.48. The van der Waals surface area contributed by atoms with Crippen molar-refractivity contribution < 1.29 is 0 Å². The summed E-state index contributed by atoms with van der Waals surface area (Å²) in [6.45, 7) is 2.28. The summed E-state index contributed by atoms with van der Waals surface area (Å²) in [7, 11) is 1.12. The van der Waals surface area contributed by atoms with Gasteiger partial charge >= 0.3 is 0 Å². The Balaban J connectivity index is 4.00. The minimum atomic E-state index is -0.814. The maximum Gasteiger partial charge on any atom is 0.0352 e. The molecule has 0 aromatic rings. The highest BCUT2D eigenvalue weighted by atomic mass is 127. The number of alkyl halides is 2. The van der Waals surface area contributed by atoms with E-state index in [1.807, 2.05) is 7.05 Å². The van der Waals surface area contributed by atoms with Gasteiger partial charge in [0.25, 0.3) is 0 Å². The van der Waals surface area contributed by atoms with Crippen molar-refractivity contribution >= 4 is 52.2 Å². The molecule has 8 heavy (non-hydrogen) atoms. The Hall–Kier alpha value is 1.69. The van der Waals surface area contributed by atoms with Crippen LogP contribution in [0.2, 0.25) is 0 Å². The smallest absolute Gasteiger partial charge is 0.0352 e. The molecule has 0 heterocycles. The van der Waals surface area contributed by atoms with Crippen LogP contribution in [0.15, 0.2) is 4.74 Å². The second-order valence-electron chi connectivity index (χ2n) is 1.78. The molecule has 0 rings (SSSR count). The Labute approximate surface area is 78.3 Å². The van der Waals surface area contributed by atoms with Crippen LogP contribution in [0.5, 0.6) is 0 Å². The Morgan fingerprint density at radius 1 is 1.38 bits per heavy atom. The van der Waals surface area contributed by atoms with Gasteiger partial charge in [0.2, 0.25) is 0 Å². The van der Waals surface area contributed by atoms with Gasteiger partial charge in [-0.2, -0.15) is 0 Å². The summed E-state index contributed by atoms with van der Waals surface area (Å²) < 4.78 is 6.81. The molecular formula is C4H10I2NP. The van der Waals surface area contributed by atoms with Crippen LogP contribution in [0, 0.1) is 0 Å². The predicted octanol–water partition coefficient (Wildman–Crippen LogP) is 3.23. The van der Waals surface area contributed by atoms with Crippen LogP contribution in [0.4, 0.5) is 0 Å². The standard InChI is InChI=1S/C4H10I2NP/c1-7-8(2,3-5)4-6/h3-4H2,1-2H3. The molecular weight excluding hydrogens is 347 g/mol. The zero-order valence-corrected chi connectivity index (χ0v) is 10.3. The van der Waals surface area contributed by atoms with E-state index in [4.69, 9.17) is 0 Å². The Morgan fingerprint density at radius 3 is 1.75 bits per heavy atom. The van der Waals surface area contributed by atoms with Gasteiger partial charge in [-0.25, -0.2) is 0 Å².